The summed E-state index contributed by atoms with van der Waals surface area (Å²) in [5.74, 6) is 1.24. The van der Waals surface area contributed by atoms with Crippen LogP contribution in [0.15, 0.2) is 48.7 Å². The lowest BCUT2D eigenvalue weighted by Gasteiger charge is -2.35. The van der Waals surface area contributed by atoms with E-state index in [1.165, 1.54) is 0 Å². The van der Waals surface area contributed by atoms with E-state index in [1.54, 1.807) is 42.8 Å². The zero-order chi connectivity index (χ0) is 22.7. The van der Waals surface area contributed by atoms with E-state index in [1.807, 2.05) is 24.4 Å². The van der Waals surface area contributed by atoms with Crippen molar-refractivity contribution in [1.82, 2.24) is 24.9 Å². The van der Waals surface area contributed by atoms with Crippen molar-refractivity contribution < 1.29 is 13.5 Å². The summed E-state index contributed by atoms with van der Waals surface area (Å²) in [6.07, 6.45) is 1.83. The Balaban J connectivity index is 1.35. The van der Waals surface area contributed by atoms with Crippen molar-refractivity contribution in [3.63, 3.8) is 0 Å². The zero-order valence-corrected chi connectivity index (χ0v) is 18.9. The summed E-state index contributed by atoms with van der Waals surface area (Å²) in [7, 11) is -3.43. The Kier molecular flexibility index (Phi) is 6.28. The van der Waals surface area contributed by atoms with Crippen LogP contribution in [-0.2, 0) is 16.6 Å². The number of phenolic OH excluding ortho intramolecular Hbond substituents is 1. The zero-order valence-electron chi connectivity index (χ0n) is 18.1. The van der Waals surface area contributed by atoms with E-state index < -0.39 is 15.3 Å². The first-order chi connectivity index (χ1) is 15.3. The summed E-state index contributed by atoms with van der Waals surface area (Å²) in [6, 6.07) is 12.4. The molecule has 0 spiro atoms. The number of hydrogen-bond acceptors (Lipinski definition) is 8. The maximum absolute atomic E-state index is 12.1. The average Bonchev–Trinajstić information content (AvgIpc) is 3.22. The highest BCUT2D eigenvalue weighted by molar-refractivity contribution is 7.93. The first kappa shape index (κ1) is 22.0. The SMILES string of the molecule is CC(C)S(=O)(=O)Nc1cccc(N2CCN(Cc3cn(-c4ccccc4O)nn3)CC2)n1. The quantitative estimate of drug-likeness (QED) is 0.552. The van der Waals surface area contributed by atoms with Crippen molar-refractivity contribution in [3.05, 3.63) is 54.4 Å². The van der Waals surface area contributed by atoms with Gasteiger partial charge in [-0.05, 0) is 38.1 Å². The van der Waals surface area contributed by atoms with Gasteiger partial charge in [-0.3, -0.25) is 9.62 Å². The molecule has 1 aromatic carbocycles. The highest BCUT2D eigenvalue weighted by atomic mass is 32.2. The molecule has 0 aliphatic carbocycles. The minimum absolute atomic E-state index is 0.156. The maximum atomic E-state index is 12.1. The van der Waals surface area contributed by atoms with Gasteiger partial charge in [-0.1, -0.05) is 23.4 Å². The molecule has 32 heavy (non-hydrogen) atoms. The fraction of sp³-hybridized carbons (Fsp3) is 0.381. The summed E-state index contributed by atoms with van der Waals surface area (Å²) in [5, 5.41) is 17.8. The van der Waals surface area contributed by atoms with Gasteiger partial charge in [-0.15, -0.1) is 5.10 Å². The van der Waals surface area contributed by atoms with Gasteiger partial charge in [0.05, 0.1) is 17.1 Å². The van der Waals surface area contributed by atoms with Gasteiger partial charge in [0.25, 0.3) is 0 Å². The number of sulfonamides is 1. The summed E-state index contributed by atoms with van der Waals surface area (Å²) < 4.78 is 28.4. The van der Waals surface area contributed by atoms with Gasteiger partial charge in [0.15, 0.2) is 0 Å². The number of benzene rings is 1. The Bertz CT molecular complexity index is 1170. The predicted octanol–water partition coefficient (Wildman–Crippen LogP) is 1.84. The lowest BCUT2D eigenvalue weighted by Crippen LogP contribution is -2.46. The smallest absolute Gasteiger partial charge is 0.236 e. The Labute approximate surface area is 187 Å². The number of phenols is 1. The normalized spacial score (nSPS) is 15.3. The molecule has 3 heterocycles. The van der Waals surface area contributed by atoms with Gasteiger partial charge in [-0.2, -0.15) is 0 Å². The molecule has 0 amide bonds. The van der Waals surface area contributed by atoms with Crippen LogP contribution < -0.4 is 9.62 Å². The van der Waals surface area contributed by atoms with Crippen LogP contribution in [0.5, 0.6) is 5.75 Å². The van der Waals surface area contributed by atoms with Gasteiger partial charge in [0.1, 0.15) is 23.1 Å². The summed E-state index contributed by atoms with van der Waals surface area (Å²) in [5.41, 5.74) is 1.42. The highest BCUT2D eigenvalue weighted by Crippen LogP contribution is 2.21. The minimum atomic E-state index is -3.43. The molecule has 4 rings (SSSR count). The fourth-order valence-corrected chi connectivity index (χ4v) is 4.07. The van der Waals surface area contributed by atoms with Crippen molar-refractivity contribution in [3.8, 4) is 11.4 Å². The van der Waals surface area contributed by atoms with Crippen molar-refractivity contribution in [1.29, 1.82) is 0 Å². The van der Waals surface area contributed by atoms with Gasteiger partial charge >= 0.3 is 0 Å². The van der Waals surface area contributed by atoms with Crippen LogP contribution in [0.1, 0.15) is 19.5 Å². The number of nitrogens with zero attached hydrogens (tertiary/aromatic N) is 6. The number of anilines is 2. The van der Waals surface area contributed by atoms with E-state index in [0.29, 0.717) is 18.1 Å². The summed E-state index contributed by atoms with van der Waals surface area (Å²) >= 11 is 0. The first-order valence-electron chi connectivity index (χ1n) is 10.5. The molecule has 2 N–H and O–H groups in total. The lowest BCUT2D eigenvalue weighted by molar-refractivity contribution is 0.246. The molecule has 1 fully saturated rings. The van der Waals surface area contributed by atoms with Crippen molar-refractivity contribution in [2.45, 2.75) is 25.6 Å². The van der Waals surface area contributed by atoms with Crippen LogP contribution in [0.2, 0.25) is 0 Å². The topological polar surface area (TPSA) is 116 Å². The molecule has 0 bridgehead atoms. The lowest BCUT2D eigenvalue weighted by atomic mass is 10.2. The number of nitrogens with one attached hydrogen (secondary N) is 1. The minimum Gasteiger partial charge on any atom is -0.506 e. The third-order valence-corrected chi connectivity index (χ3v) is 7.09. The van der Waals surface area contributed by atoms with E-state index in [2.05, 4.69) is 29.8 Å². The second-order valence-corrected chi connectivity index (χ2v) is 10.2. The molecule has 0 radical (unpaired) electrons. The van der Waals surface area contributed by atoms with Crippen molar-refractivity contribution >= 4 is 21.7 Å². The molecule has 1 aliphatic rings. The molecule has 3 aromatic rings. The molecule has 10 nitrogen and oxygen atoms in total. The molecule has 0 saturated carbocycles. The molecule has 1 aliphatic heterocycles. The number of aromatic nitrogens is 4. The summed E-state index contributed by atoms with van der Waals surface area (Å²) in [6.45, 7) is 7.07. The molecule has 0 atom stereocenters. The Morgan fingerprint density at radius 3 is 2.53 bits per heavy atom. The molecule has 11 heteroatoms. The van der Waals surface area contributed by atoms with Gasteiger partial charge in [0, 0.05) is 32.7 Å². The van der Waals surface area contributed by atoms with E-state index in [0.717, 1.165) is 37.7 Å². The molecule has 1 saturated heterocycles. The standard InChI is InChI=1S/C21H27N7O3S/c1-16(2)32(30,31)24-20-8-5-9-21(22-20)27-12-10-26(11-13-27)14-17-15-28(25-23-17)18-6-3-4-7-19(18)29/h3-9,15-16,29H,10-14H2,1-2H3,(H,22,24). The van der Waals surface area contributed by atoms with E-state index in [-0.39, 0.29) is 5.75 Å². The second kappa shape index (κ2) is 9.13. The van der Waals surface area contributed by atoms with Crippen molar-refractivity contribution in [2.75, 3.05) is 35.8 Å². The van der Waals surface area contributed by atoms with Crippen LogP contribution in [0, 0.1) is 0 Å². The Morgan fingerprint density at radius 2 is 1.81 bits per heavy atom. The number of aromatic hydroxyl groups is 1. The van der Waals surface area contributed by atoms with Crippen LogP contribution in [0.25, 0.3) is 5.69 Å². The van der Waals surface area contributed by atoms with Gasteiger partial charge < -0.3 is 10.0 Å². The number of piperazine rings is 1. The van der Waals surface area contributed by atoms with Gasteiger partial charge in [0.2, 0.25) is 10.0 Å². The van der Waals surface area contributed by atoms with Crippen LogP contribution in [0.4, 0.5) is 11.6 Å². The average molecular weight is 458 g/mol. The number of pyridine rings is 1. The monoisotopic (exact) mass is 457 g/mol. The molecular weight excluding hydrogens is 430 g/mol. The number of para-hydroxylation sites is 2. The van der Waals surface area contributed by atoms with Crippen LogP contribution in [0.3, 0.4) is 0 Å². The Hall–Kier alpha value is -3.18. The van der Waals surface area contributed by atoms with Gasteiger partial charge in [-0.25, -0.2) is 18.1 Å². The van der Waals surface area contributed by atoms with Crippen LogP contribution >= 0.6 is 0 Å². The maximum Gasteiger partial charge on any atom is 0.236 e. The largest absolute Gasteiger partial charge is 0.506 e. The third kappa shape index (κ3) is 5.00. The highest BCUT2D eigenvalue weighted by Gasteiger charge is 2.21. The first-order valence-corrected chi connectivity index (χ1v) is 12.0. The second-order valence-electron chi connectivity index (χ2n) is 7.98. The van der Waals surface area contributed by atoms with E-state index >= 15 is 0 Å². The Morgan fingerprint density at radius 1 is 1.06 bits per heavy atom. The number of rotatable bonds is 7. The predicted molar refractivity (Wildman–Crippen MR) is 122 cm³/mol. The molecule has 170 valence electrons. The fourth-order valence-electron chi connectivity index (χ4n) is 3.43. The molecule has 2 aromatic heterocycles. The van der Waals surface area contributed by atoms with E-state index in [9.17, 15) is 13.5 Å². The summed E-state index contributed by atoms with van der Waals surface area (Å²) in [4.78, 5) is 8.91. The molecule has 0 unspecified atom stereocenters. The number of hydrogen-bond donors (Lipinski definition) is 2. The van der Waals surface area contributed by atoms with E-state index in [4.69, 9.17) is 0 Å². The molecular formula is C21H27N7O3S. The van der Waals surface area contributed by atoms with Crippen molar-refractivity contribution in [2.24, 2.45) is 0 Å². The van der Waals surface area contributed by atoms with Crippen LogP contribution in [-0.4, -0.2) is 69.8 Å². The third-order valence-electron chi connectivity index (χ3n) is 5.35.